The molecule has 0 radical (unpaired) electrons. The van der Waals surface area contributed by atoms with Gasteiger partial charge in [0.1, 0.15) is 18.1 Å². The Morgan fingerprint density at radius 2 is 1.72 bits per heavy atom. The van der Waals surface area contributed by atoms with Crippen LogP contribution in [0.3, 0.4) is 0 Å². The van der Waals surface area contributed by atoms with Crippen molar-refractivity contribution in [2.45, 2.75) is 19.3 Å². The Morgan fingerprint density at radius 1 is 0.972 bits per heavy atom. The van der Waals surface area contributed by atoms with Crippen molar-refractivity contribution >= 4 is 11.0 Å². The van der Waals surface area contributed by atoms with Crippen molar-refractivity contribution in [3.8, 4) is 28.4 Å². The van der Waals surface area contributed by atoms with Gasteiger partial charge in [-0.15, -0.1) is 0 Å². The van der Waals surface area contributed by atoms with Crippen LogP contribution in [0, 0.1) is 0 Å². The summed E-state index contributed by atoms with van der Waals surface area (Å²) in [6.07, 6.45) is -4.86. The molecule has 0 saturated carbocycles. The largest absolute Gasteiger partial charge is 0.493 e. The average molecular weight is 497 g/mol. The highest BCUT2D eigenvalue weighted by molar-refractivity contribution is 5.87. The molecule has 0 amide bonds. The average Bonchev–Trinajstić information content (AvgIpc) is 2.88. The second-order valence-electron chi connectivity index (χ2n) is 8.37. The van der Waals surface area contributed by atoms with Crippen molar-refractivity contribution in [2.75, 3.05) is 21.0 Å². The first-order valence-electron chi connectivity index (χ1n) is 11.1. The number of halogens is 3. The second kappa shape index (κ2) is 9.23. The van der Waals surface area contributed by atoms with Crippen molar-refractivity contribution < 1.29 is 31.8 Å². The smallest absolute Gasteiger partial charge is 0.450 e. The molecule has 36 heavy (non-hydrogen) atoms. The Hall–Kier alpha value is -3.98. The van der Waals surface area contributed by atoms with Gasteiger partial charge in [0.2, 0.25) is 11.2 Å². The molecule has 0 atom stereocenters. The van der Waals surface area contributed by atoms with Crippen LogP contribution in [0.1, 0.15) is 16.9 Å². The molecule has 0 aliphatic carbocycles. The van der Waals surface area contributed by atoms with E-state index in [1.807, 2.05) is 17.0 Å². The van der Waals surface area contributed by atoms with Crippen LogP contribution in [0.4, 0.5) is 13.2 Å². The molecule has 186 valence electrons. The number of nitrogens with zero attached hydrogens (tertiary/aromatic N) is 1. The molecule has 5 rings (SSSR count). The molecule has 9 heteroatoms. The van der Waals surface area contributed by atoms with Gasteiger partial charge < -0.3 is 18.6 Å². The molecule has 1 aliphatic heterocycles. The lowest BCUT2D eigenvalue weighted by Crippen LogP contribution is -2.32. The van der Waals surface area contributed by atoms with E-state index in [1.165, 1.54) is 25.3 Å². The number of hydrogen-bond acceptors (Lipinski definition) is 6. The van der Waals surface area contributed by atoms with Crippen LogP contribution in [-0.2, 0) is 19.3 Å². The van der Waals surface area contributed by atoms with Gasteiger partial charge in [-0.3, -0.25) is 9.69 Å². The number of ether oxygens (including phenoxy) is 3. The van der Waals surface area contributed by atoms with E-state index in [-0.39, 0.29) is 29.8 Å². The predicted molar refractivity (Wildman–Crippen MR) is 127 cm³/mol. The van der Waals surface area contributed by atoms with Gasteiger partial charge in [0, 0.05) is 13.1 Å². The molecule has 0 saturated heterocycles. The van der Waals surface area contributed by atoms with Gasteiger partial charge in [-0.25, -0.2) is 0 Å². The van der Waals surface area contributed by atoms with Crippen LogP contribution in [0.5, 0.6) is 17.2 Å². The predicted octanol–water partition coefficient (Wildman–Crippen LogP) is 5.85. The van der Waals surface area contributed by atoms with E-state index in [2.05, 4.69) is 0 Å². The SMILES string of the molecule is COc1ccc(CN2COc3ccc4c(=O)c(-c5ccccc5)c(C(F)(F)F)oc4c3C2)cc1OC. The summed E-state index contributed by atoms with van der Waals surface area (Å²) in [5.41, 5.74) is 0.0558. The summed E-state index contributed by atoms with van der Waals surface area (Å²) >= 11 is 0. The van der Waals surface area contributed by atoms with Crippen LogP contribution in [0.2, 0.25) is 0 Å². The van der Waals surface area contributed by atoms with E-state index in [1.54, 1.807) is 37.4 Å². The quantitative estimate of drug-likeness (QED) is 0.345. The lowest BCUT2D eigenvalue weighted by Gasteiger charge is -2.29. The van der Waals surface area contributed by atoms with Crippen LogP contribution < -0.4 is 19.6 Å². The summed E-state index contributed by atoms with van der Waals surface area (Å²) in [5.74, 6) is 0.211. The van der Waals surface area contributed by atoms with Crippen molar-refractivity contribution in [3.63, 3.8) is 0 Å². The zero-order valence-corrected chi connectivity index (χ0v) is 19.5. The van der Waals surface area contributed by atoms with Gasteiger partial charge in [-0.2, -0.15) is 13.2 Å². The van der Waals surface area contributed by atoms with Gasteiger partial charge in [-0.1, -0.05) is 36.4 Å². The van der Waals surface area contributed by atoms with Crippen molar-refractivity contribution in [2.24, 2.45) is 0 Å². The number of methoxy groups -OCH3 is 2. The third-order valence-corrected chi connectivity index (χ3v) is 6.08. The first-order chi connectivity index (χ1) is 17.3. The maximum absolute atomic E-state index is 14.1. The number of fused-ring (bicyclic) bond motifs is 3. The van der Waals surface area contributed by atoms with E-state index in [0.29, 0.717) is 29.4 Å². The summed E-state index contributed by atoms with van der Waals surface area (Å²) < 4.78 is 64.2. The van der Waals surface area contributed by atoms with Crippen LogP contribution in [0.15, 0.2) is 69.9 Å². The van der Waals surface area contributed by atoms with E-state index >= 15 is 0 Å². The minimum absolute atomic E-state index is 0.0668. The van der Waals surface area contributed by atoms with Gasteiger partial charge >= 0.3 is 6.18 Å². The number of hydrogen-bond donors (Lipinski definition) is 0. The maximum atomic E-state index is 14.1. The fourth-order valence-corrected chi connectivity index (χ4v) is 4.42. The van der Waals surface area contributed by atoms with Crippen LogP contribution in [-0.4, -0.2) is 25.9 Å². The Bertz CT molecular complexity index is 1480. The highest BCUT2D eigenvalue weighted by Crippen LogP contribution is 2.40. The van der Waals surface area contributed by atoms with Crippen molar-refractivity contribution in [1.29, 1.82) is 0 Å². The Balaban J connectivity index is 1.58. The normalized spacial score (nSPS) is 13.8. The molecule has 1 aliphatic rings. The lowest BCUT2D eigenvalue weighted by atomic mass is 10.00. The fraction of sp³-hybridized carbons (Fsp3) is 0.222. The van der Waals surface area contributed by atoms with Crippen molar-refractivity contribution in [1.82, 2.24) is 4.90 Å². The number of benzene rings is 3. The molecule has 0 spiro atoms. The molecule has 0 unspecified atom stereocenters. The monoisotopic (exact) mass is 497 g/mol. The van der Waals surface area contributed by atoms with E-state index in [4.69, 9.17) is 18.6 Å². The van der Waals surface area contributed by atoms with E-state index in [0.717, 1.165) is 5.56 Å². The Morgan fingerprint density at radius 3 is 2.42 bits per heavy atom. The molecule has 3 aromatic carbocycles. The van der Waals surface area contributed by atoms with Gasteiger partial charge in [-0.05, 0) is 35.4 Å². The second-order valence-corrected chi connectivity index (χ2v) is 8.37. The van der Waals surface area contributed by atoms with E-state index in [9.17, 15) is 18.0 Å². The molecular weight excluding hydrogens is 475 g/mol. The van der Waals surface area contributed by atoms with Gasteiger partial charge in [0.15, 0.2) is 11.5 Å². The number of rotatable bonds is 5. The molecule has 2 heterocycles. The molecule has 0 bridgehead atoms. The lowest BCUT2D eigenvalue weighted by molar-refractivity contribution is -0.152. The van der Waals surface area contributed by atoms with Gasteiger partial charge in [0.05, 0.1) is 30.7 Å². The summed E-state index contributed by atoms with van der Waals surface area (Å²) in [6.45, 7) is 0.867. The minimum atomic E-state index is -4.86. The third-order valence-electron chi connectivity index (χ3n) is 6.08. The first-order valence-corrected chi connectivity index (χ1v) is 11.1. The van der Waals surface area contributed by atoms with Crippen LogP contribution >= 0.6 is 0 Å². The molecular formula is C27H22F3NO5. The molecule has 6 nitrogen and oxygen atoms in total. The Labute approximate surface area is 204 Å². The molecule has 4 aromatic rings. The zero-order valence-electron chi connectivity index (χ0n) is 19.5. The molecule has 1 aromatic heterocycles. The third kappa shape index (κ3) is 4.26. The summed E-state index contributed by atoms with van der Waals surface area (Å²) in [7, 11) is 3.09. The topological polar surface area (TPSA) is 61.1 Å². The van der Waals surface area contributed by atoms with E-state index < -0.39 is 22.9 Å². The highest BCUT2D eigenvalue weighted by Gasteiger charge is 2.40. The van der Waals surface area contributed by atoms with Crippen LogP contribution in [0.25, 0.3) is 22.1 Å². The van der Waals surface area contributed by atoms with Gasteiger partial charge in [0.25, 0.3) is 0 Å². The first kappa shape index (κ1) is 23.7. The maximum Gasteiger partial charge on any atom is 0.450 e. The minimum Gasteiger partial charge on any atom is -0.493 e. The zero-order chi connectivity index (χ0) is 25.4. The molecule has 0 N–H and O–H groups in total. The number of alkyl halides is 3. The Kier molecular flexibility index (Phi) is 6.09. The molecule has 0 fully saturated rings. The summed E-state index contributed by atoms with van der Waals surface area (Å²) in [5, 5.41) is 0.0668. The standard InChI is InChI=1S/C27H22F3NO5/c1-33-21-10-8-16(12-22(21)34-2)13-31-14-19-20(35-15-31)11-9-18-24(32)23(17-6-4-3-5-7-17)26(27(28,29)30)36-25(18)19/h3-12H,13-15H2,1-2H3. The summed E-state index contributed by atoms with van der Waals surface area (Å²) in [6, 6.07) is 16.3. The summed E-state index contributed by atoms with van der Waals surface area (Å²) in [4.78, 5) is 15.2. The fourth-order valence-electron chi connectivity index (χ4n) is 4.42. The van der Waals surface area contributed by atoms with Crippen molar-refractivity contribution in [3.05, 3.63) is 87.8 Å². The highest BCUT2D eigenvalue weighted by atomic mass is 19.4.